The number of methoxy groups -OCH3 is 2. The molecule has 24 heteroatoms. The number of carbonyl (C=O) groups excluding carboxylic acids is 4. The van der Waals surface area contributed by atoms with Crippen LogP contribution in [0.15, 0.2) is 69.7 Å². The predicted octanol–water partition coefficient (Wildman–Crippen LogP) is 6.48. The van der Waals surface area contributed by atoms with E-state index in [9.17, 15) is 24.0 Å². The molecule has 2 unspecified atom stereocenters. The topological polar surface area (TPSA) is 251 Å². The number of aliphatic imine (C=N–C) groups is 2. The Balaban J connectivity index is 0.801. The monoisotopic (exact) mass is 1210 g/mol. The van der Waals surface area contributed by atoms with Gasteiger partial charge in [-0.15, -0.1) is 11.8 Å². The fraction of sp³-hybridized carbons (Fsp3) is 0.548. The number of rotatable bonds is 33. The molecule has 0 aliphatic carbocycles. The average Bonchev–Trinajstić information content (AvgIpc) is 4.12. The van der Waals surface area contributed by atoms with Crippen molar-refractivity contribution in [2.24, 2.45) is 9.98 Å². The number of thioether (sulfide) groups is 1. The van der Waals surface area contributed by atoms with Gasteiger partial charge in [0, 0.05) is 100 Å². The van der Waals surface area contributed by atoms with Gasteiger partial charge in [-0.05, 0) is 45.2 Å². The second-order valence-electron chi connectivity index (χ2n) is 21.8. The number of ether oxygens (including phenoxy) is 9. The van der Waals surface area contributed by atoms with Gasteiger partial charge in [-0.1, -0.05) is 37.1 Å². The highest BCUT2D eigenvalue weighted by molar-refractivity contribution is 8.01. The van der Waals surface area contributed by atoms with Crippen LogP contribution in [0.5, 0.6) is 28.7 Å². The maximum absolute atomic E-state index is 13.8. The summed E-state index contributed by atoms with van der Waals surface area (Å²) in [5.41, 5.74) is 5.31. The summed E-state index contributed by atoms with van der Waals surface area (Å²) in [6, 6.07) is 10.2. The molecular formula is C62H82N8O15S. The largest absolute Gasteiger partial charge is 0.493 e. The molecule has 5 aliphatic heterocycles. The second-order valence-corrected chi connectivity index (χ2v) is 23.5. The number of hydrogen-bond donors (Lipinski definition) is 2. The maximum Gasteiger partial charge on any atom is 0.305 e. The molecule has 0 saturated carbocycles. The van der Waals surface area contributed by atoms with Crippen LogP contribution in [0, 0.1) is 0 Å². The van der Waals surface area contributed by atoms with E-state index < -0.39 is 5.97 Å². The number of hydrogen-bond acceptors (Lipinski definition) is 19. The fourth-order valence-corrected chi connectivity index (χ4v) is 11.2. The van der Waals surface area contributed by atoms with E-state index in [-0.39, 0.29) is 72.5 Å². The van der Waals surface area contributed by atoms with Crippen LogP contribution >= 0.6 is 11.8 Å². The zero-order valence-corrected chi connectivity index (χ0v) is 51.1. The molecule has 86 heavy (non-hydrogen) atoms. The quantitative estimate of drug-likeness (QED) is 0.0489. The second kappa shape index (κ2) is 32.1. The molecule has 3 fully saturated rings. The average molecular weight is 1210 g/mol. The Morgan fingerprint density at radius 3 is 1.67 bits per heavy atom. The molecule has 3 saturated heterocycles. The molecule has 6 heterocycles. The van der Waals surface area contributed by atoms with Crippen molar-refractivity contribution in [3.8, 4) is 28.7 Å². The van der Waals surface area contributed by atoms with Crippen LogP contribution < -0.4 is 29.0 Å². The Morgan fingerprint density at radius 2 is 1.17 bits per heavy atom. The Labute approximate surface area is 507 Å². The molecule has 4 amide bonds. The van der Waals surface area contributed by atoms with E-state index in [1.165, 1.54) is 37.1 Å². The number of aliphatic carboxylic acids is 1. The molecular weight excluding hydrogens is 1130 g/mol. The van der Waals surface area contributed by atoms with E-state index in [0.717, 1.165) is 12.8 Å². The maximum atomic E-state index is 13.8. The molecule has 0 bridgehead atoms. The number of allylic oxidation sites excluding steroid dienone is 2. The van der Waals surface area contributed by atoms with Gasteiger partial charge >= 0.3 is 5.97 Å². The summed E-state index contributed by atoms with van der Waals surface area (Å²) in [5.74, 6) is 1.21. The third-order valence-corrected chi connectivity index (χ3v) is 16.8. The van der Waals surface area contributed by atoms with E-state index in [2.05, 4.69) is 36.2 Å². The minimum absolute atomic E-state index is 0.0107. The zero-order chi connectivity index (χ0) is 61.0. The summed E-state index contributed by atoms with van der Waals surface area (Å²) in [5, 5.41) is 11.5. The number of carboxylic acid groups (broad SMARTS) is 1. The van der Waals surface area contributed by atoms with Crippen LogP contribution in [0.25, 0.3) is 0 Å². The van der Waals surface area contributed by atoms with Crippen molar-refractivity contribution in [1.29, 1.82) is 0 Å². The molecule has 0 radical (unpaired) electrons. The van der Waals surface area contributed by atoms with Gasteiger partial charge in [0.2, 0.25) is 11.8 Å². The number of benzene rings is 2. The lowest BCUT2D eigenvalue weighted by Crippen LogP contribution is -2.49. The third kappa shape index (κ3) is 18.5. The number of aromatic nitrogens is 1. The molecule has 0 spiro atoms. The lowest BCUT2D eigenvalue weighted by molar-refractivity contribution is -0.138. The number of pyridine rings is 1. The summed E-state index contributed by atoms with van der Waals surface area (Å²) in [4.78, 5) is 86.4. The van der Waals surface area contributed by atoms with Gasteiger partial charge in [0.15, 0.2) is 23.0 Å². The first kappa shape index (κ1) is 64.9. The number of fused-ring (bicyclic) bond motifs is 4. The molecule has 1 aromatic heterocycles. The molecule has 5 aliphatic rings. The third-order valence-electron chi connectivity index (χ3n) is 15.4. The van der Waals surface area contributed by atoms with Crippen LogP contribution in [-0.2, 0) is 46.5 Å². The van der Waals surface area contributed by atoms with Crippen LogP contribution in [0.2, 0.25) is 0 Å². The lowest BCUT2D eigenvalue weighted by Gasteiger charge is -2.35. The highest BCUT2D eigenvalue weighted by Crippen LogP contribution is 2.41. The molecule has 3 aromatic rings. The molecule has 8 rings (SSSR count). The van der Waals surface area contributed by atoms with Gasteiger partial charge in [-0.3, -0.25) is 43.8 Å². The minimum Gasteiger partial charge on any atom is -0.493 e. The summed E-state index contributed by atoms with van der Waals surface area (Å²) in [6.07, 6.45) is 10.2. The summed E-state index contributed by atoms with van der Waals surface area (Å²) in [7, 11) is 3.06. The van der Waals surface area contributed by atoms with Crippen LogP contribution in [0.3, 0.4) is 0 Å². The smallest absolute Gasteiger partial charge is 0.305 e. The predicted molar refractivity (Wildman–Crippen MR) is 324 cm³/mol. The number of carboxylic acids is 1. The fourth-order valence-electron chi connectivity index (χ4n) is 10.3. The van der Waals surface area contributed by atoms with Crippen LogP contribution in [0.4, 0.5) is 11.4 Å². The van der Waals surface area contributed by atoms with Crippen molar-refractivity contribution < 1.29 is 71.7 Å². The number of amides is 4. The molecule has 23 nitrogen and oxygen atoms in total. The molecule has 2 aromatic carbocycles. The van der Waals surface area contributed by atoms with Gasteiger partial charge in [0.05, 0.1) is 125 Å². The van der Waals surface area contributed by atoms with Crippen LogP contribution in [0.1, 0.15) is 91.9 Å². The molecule has 466 valence electrons. The van der Waals surface area contributed by atoms with Crippen LogP contribution in [-0.4, -0.2) is 220 Å². The van der Waals surface area contributed by atoms with Crippen molar-refractivity contribution in [3.63, 3.8) is 0 Å². The summed E-state index contributed by atoms with van der Waals surface area (Å²) in [6.45, 7) is 15.8. The number of nitrogens with zero attached hydrogens (tertiary/aromatic N) is 7. The Kier molecular flexibility index (Phi) is 24.2. The number of nitrogens with one attached hydrogen (secondary N) is 1. The van der Waals surface area contributed by atoms with E-state index in [1.807, 2.05) is 53.1 Å². The zero-order valence-electron chi connectivity index (χ0n) is 50.3. The molecule has 2 N–H and O–H groups in total. The van der Waals surface area contributed by atoms with E-state index in [1.54, 1.807) is 24.3 Å². The standard InChI is InChI=1S/C62H82N8O15S/c1-7-42-27-46-35-64-51-33-55(53(77-5)31-49(51)60(75)69(46)37-42)84-39-44-29-48(30-45(66-44)40-85-56-34-52-50(32-54(56)78-6)61(76)70-38-43(8-2)28-47(70)36-65-52)83-20-17-67-13-15-68(16-14-67)58(72)9-11-62(3,4)86-41-57(71)63-12-19-80-22-24-82-26-25-81-23-21-79-18-10-59(73)74/h7-8,29-36,46-47H,9-28,37-41H2,1-6H3,(H,63,71)(H,73,74). The van der Waals surface area contributed by atoms with Gasteiger partial charge in [-0.2, -0.15) is 0 Å². The first-order chi connectivity index (χ1) is 41.6. The van der Waals surface area contributed by atoms with Gasteiger partial charge in [-0.25, -0.2) is 0 Å². The van der Waals surface area contributed by atoms with Gasteiger partial charge in [0.25, 0.3) is 11.8 Å². The lowest BCUT2D eigenvalue weighted by atomic mass is 10.1. The van der Waals surface area contributed by atoms with Crippen molar-refractivity contribution in [3.05, 3.63) is 82.2 Å². The Hall–Kier alpha value is -7.09. The SMILES string of the molecule is CC=C1CC2C=Nc3cc(OCc4cc(OCCN5CCN(C(=O)CCC(C)(C)SCC(=O)NCCOCCOCCOCCOCCC(=O)O)CC5)cc(COc5cc6c(cc5OC)C(=O)N5CC(=CC)CC5C=N6)n4)c(OC)cc3C(=O)N2C1. The van der Waals surface area contributed by atoms with Gasteiger partial charge < -0.3 is 67.8 Å². The van der Waals surface area contributed by atoms with E-state index >= 15 is 0 Å². The first-order valence-electron chi connectivity index (χ1n) is 29.4. The van der Waals surface area contributed by atoms with Crippen molar-refractivity contribution in [2.45, 2.75) is 89.8 Å². The van der Waals surface area contributed by atoms with E-state index in [4.69, 9.17) is 62.7 Å². The highest BCUT2D eigenvalue weighted by Gasteiger charge is 2.36. The number of carbonyl (C=O) groups is 5. The Morgan fingerprint density at radius 1 is 0.663 bits per heavy atom. The normalized spacial score (nSPS) is 18.4. The summed E-state index contributed by atoms with van der Waals surface area (Å²) < 4.78 is 52.1. The van der Waals surface area contributed by atoms with Crippen molar-refractivity contribution in [2.75, 3.05) is 132 Å². The molecule has 2 atom stereocenters. The van der Waals surface area contributed by atoms with Gasteiger partial charge in [0.1, 0.15) is 25.6 Å². The first-order valence-corrected chi connectivity index (χ1v) is 30.4. The van der Waals surface area contributed by atoms with Crippen molar-refractivity contribution >= 4 is 65.2 Å². The minimum atomic E-state index is -0.898. The Bertz CT molecular complexity index is 2850. The van der Waals surface area contributed by atoms with E-state index in [0.29, 0.717) is 181 Å². The summed E-state index contributed by atoms with van der Waals surface area (Å²) >= 11 is 1.52. The van der Waals surface area contributed by atoms with Crippen molar-refractivity contribution in [1.82, 2.24) is 29.9 Å². The number of piperazine rings is 1. The highest BCUT2D eigenvalue weighted by atomic mass is 32.2.